The number of thiazole rings is 1. The van der Waals surface area contributed by atoms with Crippen LogP contribution in [0.25, 0.3) is 4.83 Å². The summed E-state index contributed by atoms with van der Waals surface area (Å²) in [7, 11) is 0. The third-order valence-electron chi connectivity index (χ3n) is 5.41. The first kappa shape index (κ1) is 22.3. The molecule has 1 aliphatic rings. The van der Waals surface area contributed by atoms with Gasteiger partial charge < -0.3 is 10.6 Å². The smallest absolute Gasteiger partial charge is 0.336 e. The molecule has 1 aromatic carbocycles. The first-order valence-corrected chi connectivity index (χ1v) is 10.6. The van der Waals surface area contributed by atoms with E-state index in [0.717, 1.165) is 31.5 Å². The van der Waals surface area contributed by atoms with Gasteiger partial charge in [0, 0.05) is 18.3 Å². The first-order chi connectivity index (χ1) is 14.0. The molecule has 4 rings (SSSR count). The molecule has 1 amide bonds. The number of carbonyl (C=O) groups is 1. The number of aryl methyl sites for hydroxylation is 1. The molecule has 0 bridgehead atoms. The van der Waals surface area contributed by atoms with Gasteiger partial charge in [0.25, 0.3) is 11.5 Å². The third kappa shape index (κ3) is 4.50. The Morgan fingerprint density at radius 2 is 1.90 bits per heavy atom. The molecule has 9 heteroatoms. The van der Waals surface area contributed by atoms with Crippen molar-refractivity contribution in [1.29, 1.82) is 0 Å². The van der Waals surface area contributed by atoms with Gasteiger partial charge in [-0.3, -0.25) is 18.6 Å². The fraction of sp³-hybridized carbons (Fsp3) is 0.381. The van der Waals surface area contributed by atoms with Gasteiger partial charge in [0.05, 0.1) is 6.54 Å². The largest absolute Gasteiger partial charge is 0.351 e. The van der Waals surface area contributed by atoms with Crippen molar-refractivity contribution in [2.24, 2.45) is 5.92 Å². The number of amides is 1. The summed E-state index contributed by atoms with van der Waals surface area (Å²) >= 11 is 1.19. The highest BCUT2D eigenvalue weighted by Gasteiger charge is 2.19. The van der Waals surface area contributed by atoms with E-state index in [4.69, 9.17) is 0 Å². The Kier molecular flexibility index (Phi) is 7.12. The molecule has 3 aromatic rings. The number of carbonyl (C=O) groups excluding carboxylic acids is 1. The van der Waals surface area contributed by atoms with Gasteiger partial charge in [-0.15, -0.1) is 23.7 Å². The molecule has 2 aromatic heterocycles. The zero-order valence-corrected chi connectivity index (χ0v) is 18.4. The Labute approximate surface area is 184 Å². The normalized spacial score (nSPS) is 14.4. The van der Waals surface area contributed by atoms with E-state index >= 15 is 0 Å². The van der Waals surface area contributed by atoms with Gasteiger partial charge in [-0.05, 0) is 44.3 Å². The topological polar surface area (TPSA) is 84.6 Å². The molecule has 1 saturated heterocycles. The number of piperidine rings is 1. The van der Waals surface area contributed by atoms with Crippen molar-refractivity contribution in [1.82, 2.24) is 19.6 Å². The summed E-state index contributed by atoms with van der Waals surface area (Å²) in [6.07, 6.45) is 3.64. The average Bonchev–Trinajstić information content (AvgIpc) is 3.21. The molecule has 0 radical (unpaired) electrons. The summed E-state index contributed by atoms with van der Waals surface area (Å²) in [6, 6.07) is 9.39. The molecular formula is C21H25ClN4O3S. The number of hydrogen-bond donors (Lipinski definition) is 2. The van der Waals surface area contributed by atoms with Crippen LogP contribution in [0.5, 0.6) is 0 Å². The van der Waals surface area contributed by atoms with Crippen LogP contribution in [0.1, 0.15) is 33.6 Å². The van der Waals surface area contributed by atoms with Crippen molar-refractivity contribution >= 4 is 34.5 Å². The first-order valence-electron chi connectivity index (χ1n) is 9.83. The Morgan fingerprint density at radius 1 is 1.20 bits per heavy atom. The van der Waals surface area contributed by atoms with Crippen LogP contribution in [-0.2, 0) is 6.54 Å². The zero-order valence-electron chi connectivity index (χ0n) is 16.7. The van der Waals surface area contributed by atoms with Crippen LogP contribution in [0.15, 0.2) is 46.1 Å². The summed E-state index contributed by atoms with van der Waals surface area (Å²) in [6.45, 7) is 4.49. The lowest BCUT2D eigenvalue weighted by molar-refractivity contribution is 0.0948. The van der Waals surface area contributed by atoms with Crippen molar-refractivity contribution in [3.8, 4) is 0 Å². The maximum Gasteiger partial charge on any atom is 0.336 e. The number of benzene rings is 1. The Bertz CT molecular complexity index is 1150. The van der Waals surface area contributed by atoms with Gasteiger partial charge in [-0.2, -0.15) is 0 Å². The van der Waals surface area contributed by atoms with Gasteiger partial charge in [-0.25, -0.2) is 4.79 Å². The van der Waals surface area contributed by atoms with Gasteiger partial charge in [-0.1, -0.05) is 30.3 Å². The molecule has 0 atom stereocenters. The summed E-state index contributed by atoms with van der Waals surface area (Å²) in [5.74, 6) is 0.276. The highest BCUT2D eigenvalue weighted by atomic mass is 35.5. The van der Waals surface area contributed by atoms with Crippen molar-refractivity contribution in [3.63, 3.8) is 0 Å². The van der Waals surface area contributed by atoms with E-state index in [2.05, 4.69) is 10.6 Å². The van der Waals surface area contributed by atoms with Crippen LogP contribution in [-0.4, -0.2) is 34.5 Å². The number of halogens is 1. The second-order valence-corrected chi connectivity index (χ2v) is 8.49. The molecule has 30 heavy (non-hydrogen) atoms. The van der Waals surface area contributed by atoms with Crippen LogP contribution in [0.3, 0.4) is 0 Å². The zero-order chi connectivity index (χ0) is 20.4. The van der Waals surface area contributed by atoms with Gasteiger partial charge >= 0.3 is 5.69 Å². The maximum atomic E-state index is 12.9. The van der Waals surface area contributed by atoms with Crippen LogP contribution < -0.4 is 21.9 Å². The number of aromatic nitrogens is 2. The lowest BCUT2D eigenvalue weighted by Gasteiger charge is -2.22. The number of fused-ring (bicyclic) bond motifs is 1. The molecule has 160 valence electrons. The quantitative estimate of drug-likeness (QED) is 0.625. The molecule has 0 aliphatic carbocycles. The molecule has 7 nitrogen and oxygen atoms in total. The highest BCUT2D eigenvalue weighted by molar-refractivity contribution is 7.19. The van der Waals surface area contributed by atoms with Crippen molar-refractivity contribution < 1.29 is 4.79 Å². The number of nitrogens with zero attached hydrogens (tertiary/aromatic N) is 2. The van der Waals surface area contributed by atoms with E-state index in [0.29, 0.717) is 27.7 Å². The van der Waals surface area contributed by atoms with Crippen molar-refractivity contribution in [3.05, 3.63) is 73.4 Å². The number of nitrogens with one attached hydrogen (secondary N) is 2. The fourth-order valence-corrected chi connectivity index (χ4v) is 4.69. The Morgan fingerprint density at radius 3 is 2.60 bits per heavy atom. The van der Waals surface area contributed by atoms with E-state index in [1.807, 2.05) is 30.3 Å². The fourth-order valence-electron chi connectivity index (χ4n) is 3.69. The standard InChI is InChI=1S/C21H24N4O3S.ClH/c1-14-19(27)24(12-16-5-3-2-4-6-16)21(28)25-13-17(29-20(14)25)18(26)23-11-15-7-9-22-10-8-15;/h2-6,13,15,22H,7-12H2,1H3,(H,23,26);1H. The summed E-state index contributed by atoms with van der Waals surface area (Å²) in [5.41, 5.74) is 0.611. The third-order valence-corrected chi connectivity index (χ3v) is 6.62. The van der Waals surface area contributed by atoms with Crippen LogP contribution >= 0.6 is 23.7 Å². The van der Waals surface area contributed by atoms with E-state index in [-0.39, 0.29) is 30.4 Å². The molecule has 0 unspecified atom stereocenters. The number of hydrogen-bond acceptors (Lipinski definition) is 5. The molecule has 1 aliphatic heterocycles. The van der Waals surface area contributed by atoms with Crippen LogP contribution in [0.2, 0.25) is 0 Å². The summed E-state index contributed by atoms with van der Waals surface area (Å²) in [5, 5.41) is 6.29. The van der Waals surface area contributed by atoms with E-state index in [1.165, 1.54) is 20.3 Å². The average molecular weight is 449 g/mol. The predicted octanol–water partition coefficient (Wildman–Crippen LogP) is 2.03. The van der Waals surface area contributed by atoms with Gasteiger partial charge in [0.15, 0.2) is 0 Å². The van der Waals surface area contributed by atoms with E-state index in [9.17, 15) is 14.4 Å². The number of rotatable bonds is 5. The lowest BCUT2D eigenvalue weighted by atomic mass is 9.98. The van der Waals surface area contributed by atoms with E-state index < -0.39 is 5.69 Å². The second-order valence-electron chi connectivity index (χ2n) is 7.46. The maximum absolute atomic E-state index is 12.9. The van der Waals surface area contributed by atoms with Gasteiger partial charge in [0.1, 0.15) is 9.71 Å². The highest BCUT2D eigenvalue weighted by Crippen LogP contribution is 2.19. The Hall–Kier alpha value is -2.42. The SMILES string of the molecule is Cc1c(=O)n(Cc2ccccc2)c(=O)n2cc(C(=O)NCC3CCNCC3)sc12.Cl. The molecule has 1 fully saturated rings. The summed E-state index contributed by atoms with van der Waals surface area (Å²) in [4.78, 5) is 39.3. The Balaban J connectivity index is 0.00000256. The molecule has 0 saturated carbocycles. The second kappa shape index (κ2) is 9.59. The van der Waals surface area contributed by atoms with Crippen LogP contribution in [0, 0.1) is 12.8 Å². The molecule has 2 N–H and O–H groups in total. The molecule has 3 heterocycles. The van der Waals surface area contributed by atoms with Crippen molar-refractivity contribution in [2.45, 2.75) is 26.3 Å². The summed E-state index contributed by atoms with van der Waals surface area (Å²) < 4.78 is 2.64. The lowest BCUT2D eigenvalue weighted by Crippen LogP contribution is -2.38. The minimum Gasteiger partial charge on any atom is -0.351 e. The minimum atomic E-state index is -0.423. The minimum absolute atomic E-state index is 0. The van der Waals surface area contributed by atoms with Crippen molar-refractivity contribution in [2.75, 3.05) is 19.6 Å². The molecule has 0 spiro atoms. The molecular weight excluding hydrogens is 424 g/mol. The van der Waals surface area contributed by atoms with Crippen LogP contribution in [0.4, 0.5) is 0 Å². The van der Waals surface area contributed by atoms with Gasteiger partial charge in [0.2, 0.25) is 0 Å². The van der Waals surface area contributed by atoms with E-state index in [1.54, 1.807) is 13.1 Å². The monoisotopic (exact) mass is 448 g/mol. The predicted molar refractivity (Wildman–Crippen MR) is 121 cm³/mol.